The molecule has 0 spiro atoms. The summed E-state index contributed by atoms with van der Waals surface area (Å²) in [6, 6.07) is 0.701. The molecule has 1 rings (SSSR count). The van der Waals surface area contributed by atoms with E-state index in [4.69, 9.17) is 0 Å². The monoisotopic (exact) mass is 246 g/mol. The van der Waals surface area contributed by atoms with Gasteiger partial charge in [0, 0.05) is 18.4 Å². The first-order valence-corrected chi connectivity index (χ1v) is 5.62. The summed E-state index contributed by atoms with van der Waals surface area (Å²) in [5.41, 5.74) is -0.385. The number of rotatable bonds is 4. The Balaban J connectivity index is 3.19. The van der Waals surface area contributed by atoms with Gasteiger partial charge in [0.2, 0.25) is 0 Å². The molecule has 0 bridgehead atoms. The third kappa shape index (κ3) is 3.43. The molecule has 0 aliphatic rings. The molecule has 0 saturated heterocycles. The summed E-state index contributed by atoms with van der Waals surface area (Å²) in [6.45, 7) is 6.27. The average Bonchev–Trinajstić information content (AvgIpc) is 2.24. The van der Waals surface area contributed by atoms with Gasteiger partial charge >= 0.3 is 6.18 Å². The smallest absolute Gasteiger partial charge is 0.310 e. The number of hydrogen-bond donors (Lipinski definition) is 1. The number of pyridine rings is 1. The van der Waals surface area contributed by atoms with Crippen LogP contribution in [0.15, 0.2) is 18.5 Å². The molecule has 96 valence electrons. The molecule has 0 aromatic carbocycles. The fourth-order valence-corrected chi connectivity index (χ4v) is 1.84. The zero-order valence-electron chi connectivity index (χ0n) is 10.2. The van der Waals surface area contributed by atoms with E-state index < -0.39 is 11.7 Å². The Kier molecular flexibility index (Phi) is 4.51. The first-order chi connectivity index (χ1) is 7.88. The van der Waals surface area contributed by atoms with Crippen LogP contribution < -0.4 is 5.32 Å². The lowest BCUT2D eigenvalue weighted by Crippen LogP contribution is -2.28. The van der Waals surface area contributed by atoms with Crippen molar-refractivity contribution >= 4 is 0 Å². The Bertz CT molecular complexity index is 361. The maximum Gasteiger partial charge on any atom is 0.416 e. The van der Waals surface area contributed by atoms with Gasteiger partial charge in [0.15, 0.2) is 0 Å². The summed E-state index contributed by atoms with van der Waals surface area (Å²) < 4.78 is 38.6. The van der Waals surface area contributed by atoms with Gasteiger partial charge in [-0.2, -0.15) is 13.2 Å². The lowest BCUT2D eigenvalue weighted by atomic mass is 9.93. The normalized spacial score (nSPS) is 14.1. The topological polar surface area (TPSA) is 24.9 Å². The molecule has 0 aliphatic heterocycles. The summed E-state index contributed by atoms with van der Waals surface area (Å²) >= 11 is 0. The van der Waals surface area contributed by atoms with Crippen molar-refractivity contribution in [2.24, 2.45) is 5.92 Å². The van der Waals surface area contributed by atoms with Gasteiger partial charge in [0.1, 0.15) is 0 Å². The number of nitrogens with zero attached hydrogens (tertiary/aromatic N) is 1. The molecule has 0 aliphatic carbocycles. The second-order valence-electron chi connectivity index (χ2n) is 4.24. The number of hydrogen-bond acceptors (Lipinski definition) is 2. The number of aromatic nitrogens is 1. The highest BCUT2D eigenvalue weighted by Gasteiger charge is 2.35. The number of nitrogens with one attached hydrogen (secondary N) is 1. The summed E-state index contributed by atoms with van der Waals surface area (Å²) in [5.74, 6) is 0.0697. The van der Waals surface area contributed by atoms with Gasteiger partial charge in [-0.15, -0.1) is 0 Å². The van der Waals surface area contributed by atoms with Gasteiger partial charge in [-0.1, -0.05) is 20.8 Å². The van der Waals surface area contributed by atoms with Gasteiger partial charge in [0.25, 0.3) is 0 Å². The van der Waals surface area contributed by atoms with Crippen molar-refractivity contribution in [1.82, 2.24) is 10.3 Å². The van der Waals surface area contributed by atoms with Crippen LogP contribution in [0.5, 0.6) is 0 Å². The minimum atomic E-state index is -4.33. The molecule has 1 aromatic rings. The van der Waals surface area contributed by atoms with E-state index in [0.717, 1.165) is 6.07 Å². The van der Waals surface area contributed by atoms with Crippen molar-refractivity contribution in [3.8, 4) is 0 Å². The lowest BCUT2D eigenvalue weighted by Gasteiger charge is -2.25. The first-order valence-electron chi connectivity index (χ1n) is 5.62. The maximum absolute atomic E-state index is 12.9. The predicted octanol–water partition coefficient (Wildman–Crippen LogP) is 3.41. The molecule has 17 heavy (non-hydrogen) atoms. The quantitative estimate of drug-likeness (QED) is 0.880. The Morgan fingerprint density at radius 2 is 2.00 bits per heavy atom. The van der Waals surface area contributed by atoms with Gasteiger partial charge in [-0.25, -0.2) is 0 Å². The minimum Gasteiger partial charge on any atom is -0.310 e. The highest BCUT2D eigenvalue weighted by molar-refractivity contribution is 5.29. The second kappa shape index (κ2) is 5.49. The highest BCUT2D eigenvalue weighted by Crippen LogP contribution is 2.35. The van der Waals surface area contributed by atoms with Crippen molar-refractivity contribution in [2.75, 3.05) is 6.54 Å². The van der Waals surface area contributed by atoms with Gasteiger partial charge in [-0.3, -0.25) is 4.98 Å². The number of halogens is 3. The molecular weight excluding hydrogens is 229 g/mol. The summed E-state index contributed by atoms with van der Waals surface area (Å²) in [6.07, 6.45) is -1.85. The van der Waals surface area contributed by atoms with Crippen molar-refractivity contribution in [3.05, 3.63) is 29.6 Å². The molecule has 2 nitrogen and oxygen atoms in total. The molecule has 0 radical (unpaired) electrons. The van der Waals surface area contributed by atoms with E-state index >= 15 is 0 Å². The summed E-state index contributed by atoms with van der Waals surface area (Å²) in [4.78, 5) is 3.80. The van der Waals surface area contributed by atoms with Gasteiger partial charge in [-0.05, 0) is 24.1 Å². The molecule has 1 N–H and O–H groups in total. The molecule has 0 fully saturated rings. The fourth-order valence-electron chi connectivity index (χ4n) is 1.84. The predicted molar refractivity (Wildman–Crippen MR) is 60.5 cm³/mol. The van der Waals surface area contributed by atoms with Crippen molar-refractivity contribution in [3.63, 3.8) is 0 Å². The standard InChI is InChI=1S/C12H17F3N2/c1-4-17-11(8(2)3)9-7-16-6-5-10(9)12(13,14)15/h5-8,11,17H,4H2,1-3H3. The zero-order chi connectivity index (χ0) is 13.1. The first kappa shape index (κ1) is 14.0. The van der Waals surface area contributed by atoms with Gasteiger partial charge in [0.05, 0.1) is 5.56 Å². The zero-order valence-corrected chi connectivity index (χ0v) is 10.2. The Morgan fingerprint density at radius 3 is 2.47 bits per heavy atom. The van der Waals surface area contributed by atoms with Gasteiger partial charge < -0.3 is 5.32 Å². The summed E-state index contributed by atoms with van der Waals surface area (Å²) in [7, 11) is 0. The van der Waals surface area contributed by atoms with Crippen LogP contribution in [-0.4, -0.2) is 11.5 Å². The second-order valence-corrected chi connectivity index (χ2v) is 4.24. The third-order valence-electron chi connectivity index (χ3n) is 2.58. The lowest BCUT2D eigenvalue weighted by molar-refractivity contribution is -0.138. The maximum atomic E-state index is 12.9. The third-order valence-corrected chi connectivity index (χ3v) is 2.58. The van der Waals surface area contributed by atoms with Crippen LogP contribution in [0.4, 0.5) is 13.2 Å². The van der Waals surface area contributed by atoms with Crippen LogP contribution in [-0.2, 0) is 6.18 Å². The Morgan fingerprint density at radius 1 is 1.35 bits per heavy atom. The van der Waals surface area contributed by atoms with Crippen LogP contribution in [0.25, 0.3) is 0 Å². The van der Waals surface area contributed by atoms with Crippen LogP contribution in [0.3, 0.4) is 0 Å². The Hall–Kier alpha value is -1.10. The molecule has 0 amide bonds. The molecule has 0 saturated carbocycles. The SMILES string of the molecule is CCNC(c1cnccc1C(F)(F)F)C(C)C. The van der Waals surface area contributed by atoms with E-state index in [-0.39, 0.29) is 17.5 Å². The van der Waals surface area contributed by atoms with E-state index in [1.807, 2.05) is 20.8 Å². The molecular formula is C12H17F3N2. The van der Waals surface area contributed by atoms with Crippen LogP contribution >= 0.6 is 0 Å². The van der Waals surface area contributed by atoms with Crippen LogP contribution in [0.2, 0.25) is 0 Å². The van der Waals surface area contributed by atoms with Crippen molar-refractivity contribution in [1.29, 1.82) is 0 Å². The minimum absolute atomic E-state index is 0.0697. The van der Waals surface area contributed by atoms with E-state index in [2.05, 4.69) is 10.3 Å². The largest absolute Gasteiger partial charge is 0.416 e. The molecule has 1 unspecified atom stereocenters. The molecule has 1 atom stereocenters. The Labute approximate surface area is 99.3 Å². The number of alkyl halides is 3. The van der Waals surface area contributed by atoms with E-state index in [0.29, 0.717) is 6.54 Å². The molecule has 5 heteroatoms. The van der Waals surface area contributed by atoms with E-state index in [1.54, 1.807) is 0 Å². The van der Waals surface area contributed by atoms with E-state index in [9.17, 15) is 13.2 Å². The highest BCUT2D eigenvalue weighted by atomic mass is 19.4. The molecule has 1 heterocycles. The fraction of sp³-hybridized carbons (Fsp3) is 0.583. The van der Waals surface area contributed by atoms with Crippen LogP contribution in [0.1, 0.15) is 37.9 Å². The van der Waals surface area contributed by atoms with E-state index in [1.165, 1.54) is 12.4 Å². The summed E-state index contributed by atoms with van der Waals surface area (Å²) in [5, 5.41) is 3.07. The van der Waals surface area contributed by atoms with Crippen molar-refractivity contribution in [2.45, 2.75) is 33.0 Å². The van der Waals surface area contributed by atoms with Crippen LogP contribution in [0, 0.1) is 5.92 Å². The van der Waals surface area contributed by atoms with Crippen molar-refractivity contribution < 1.29 is 13.2 Å². The average molecular weight is 246 g/mol. The molecule has 1 aromatic heterocycles.